The van der Waals surface area contributed by atoms with Crippen LogP contribution in [0.2, 0.25) is 0 Å². The minimum atomic E-state index is -1.03. The fourth-order valence-corrected chi connectivity index (χ4v) is 2.64. The Morgan fingerprint density at radius 3 is 1.45 bits per heavy atom. The van der Waals surface area contributed by atoms with Gasteiger partial charge in [0.05, 0.1) is 11.1 Å². The van der Waals surface area contributed by atoms with Crippen LogP contribution >= 0.6 is 11.8 Å². The number of rotatable bonds is 4. The molecule has 0 aliphatic rings. The van der Waals surface area contributed by atoms with Crippen LogP contribution < -0.4 is 0 Å². The molecule has 0 amide bonds. The van der Waals surface area contributed by atoms with Gasteiger partial charge in [0.15, 0.2) is 0 Å². The molecular weight excluding hydrogens is 402 g/mol. The maximum absolute atomic E-state index is 11.1. The second-order valence-corrected chi connectivity index (χ2v) is 4.79. The summed E-state index contributed by atoms with van der Waals surface area (Å²) < 4.78 is 0. The third-order valence-electron chi connectivity index (χ3n) is 2.45. The molecule has 2 rings (SSSR count). The first-order valence-corrected chi connectivity index (χ1v) is 6.23. The summed E-state index contributed by atoms with van der Waals surface area (Å²) >= 11 is 1.14. The SMILES string of the molecule is O=C(O)c1ccccc1Sc1ccccc1C(=O)O.[BaH2]. The predicted octanol–water partition coefficient (Wildman–Crippen LogP) is 2.32. The normalized spacial score (nSPS) is 9.60. The number of hydrogen-bond donors (Lipinski definition) is 2. The van der Waals surface area contributed by atoms with Gasteiger partial charge in [-0.3, -0.25) is 0 Å². The molecule has 0 saturated heterocycles. The van der Waals surface area contributed by atoms with Crippen molar-refractivity contribution in [2.24, 2.45) is 0 Å². The third kappa shape index (κ3) is 4.15. The van der Waals surface area contributed by atoms with Crippen LogP contribution in [0.25, 0.3) is 0 Å². The van der Waals surface area contributed by atoms with Gasteiger partial charge in [0.25, 0.3) is 0 Å². The first-order chi connectivity index (χ1) is 9.09. The molecule has 0 fully saturated rings. The molecule has 2 N–H and O–H groups in total. The summed E-state index contributed by atoms with van der Waals surface area (Å²) in [6.07, 6.45) is 0. The Bertz CT molecular complexity index is 587. The summed E-state index contributed by atoms with van der Waals surface area (Å²) in [5, 5.41) is 18.2. The van der Waals surface area contributed by atoms with Gasteiger partial charge < -0.3 is 10.2 Å². The van der Waals surface area contributed by atoms with Crippen LogP contribution in [-0.4, -0.2) is 71.0 Å². The van der Waals surface area contributed by atoms with Crippen LogP contribution in [-0.2, 0) is 0 Å². The van der Waals surface area contributed by atoms with E-state index in [0.717, 1.165) is 11.8 Å². The van der Waals surface area contributed by atoms with E-state index in [1.165, 1.54) is 12.1 Å². The van der Waals surface area contributed by atoms with Crippen molar-refractivity contribution in [3.8, 4) is 0 Å². The predicted molar refractivity (Wildman–Crippen MR) is 79.5 cm³/mol. The van der Waals surface area contributed by atoms with Gasteiger partial charge in [0.1, 0.15) is 0 Å². The van der Waals surface area contributed by atoms with E-state index in [-0.39, 0.29) is 60.0 Å². The van der Waals surface area contributed by atoms with Crippen molar-refractivity contribution >= 4 is 72.6 Å². The number of aromatic carboxylic acids is 2. The van der Waals surface area contributed by atoms with Gasteiger partial charge in [-0.05, 0) is 24.3 Å². The van der Waals surface area contributed by atoms with E-state index in [4.69, 9.17) is 10.2 Å². The Morgan fingerprint density at radius 2 is 1.10 bits per heavy atom. The topological polar surface area (TPSA) is 74.6 Å². The zero-order chi connectivity index (χ0) is 13.8. The number of carboxylic acids is 2. The van der Waals surface area contributed by atoms with Crippen LogP contribution in [0.4, 0.5) is 0 Å². The Kier molecular flexibility index (Phi) is 6.87. The third-order valence-corrected chi connectivity index (χ3v) is 3.61. The first kappa shape index (κ1) is 17.4. The van der Waals surface area contributed by atoms with E-state index in [1.807, 2.05) is 0 Å². The van der Waals surface area contributed by atoms with Gasteiger partial charge in [0.2, 0.25) is 0 Å². The zero-order valence-electron chi connectivity index (χ0n) is 9.74. The van der Waals surface area contributed by atoms with E-state index < -0.39 is 11.9 Å². The number of benzene rings is 2. The number of hydrogen-bond acceptors (Lipinski definition) is 3. The van der Waals surface area contributed by atoms with Gasteiger partial charge in [-0.15, -0.1) is 0 Å². The quantitative estimate of drug-likeness (QED) is 0.753. The maximum atomic E-state index is 11.1. The number of carboxylic acid groups (broad SMARTS) is 2. The monoisotopic (exact) mass is 414 g/mol. The molecule has 0 unspecified atom stereocenters. The fourth-order valence-electron chi connectivity index (χ4n) is 1.58. The van der Waals surface area contributed by atoms with Crippen molar-refractivity contribution in [3.05, 3.63) is 59.7 Å². The van der Waals surface area contributed by atoms with Crippen LogP contribution in [0, 0.1) is 0 Å². The van der Waals surface area contributed by atoms with Crippen LogP contribution in [0.1, 0.15) is 20.7 Å². The van der Waals surface area contributed by atoms with E-state index in [1.54, 1.807) is 36.4 Å². The molecule has 2 aromatic rings. The standard InChI is InChI=1S/C14H10O4S.Ba.2H/c15-13(16)9-5-1-3-7-11(9)19-12-8-4-2-6-10(12)14(17)18;;;/h1-8H,(H,15,16)(H,17,18);;;. The Hall–Kier alpha value is -0.699. The van der Waals surface area contributed by atoms with Crippen LogP contribution in [0.15, 0.2) is 58.3 Å². The molecule has 20 heavy (non-hydrogen) atoms. The van der Waals surface area contributed by atoms with Crippen molar-refractivity contribution in [2.45, 2.75) is 9.79 Å². The van der Waals surface area contributed by atoms with E-state index >= 15 is 0 Å². The molecule has 2 aromatic carbocycles. The van der Waals surface area contributed by atoms with Crippen LogP contribution in [0.3, 0.4) is 0 Å². The Balaban J connectivity index is 0.00000200. The molecule has 0 saturated carbocycles. The molecule has 0 aromatic heterocycles. The average Bonchev–Trinajstić information content (AvgIpc) is 2.39. The molecule has 4 nitrogen and oxygen atoms in total. The average molecular weight is 414 g/mol. The summed E-state index contributed by atoms with van der Waals surface area (Å²) in [7, 11) is 0. The second kappa shape index (κ2) is 7.92. The van der Waals surface area contributed by atoms with Gasteiger partial charge >= 0.3 is 60.8 Å². The Labute approximate surface area is 160 Å². The molecular formula is C14H12BaO4S. The molecule has 0 radical (unpaired) electrons. The summed E-state index contributed by atoms with van der Waals surface area (Å²) in [5.74, 6) is -2.06. The number of carbonyl (C=O) groups is 2. The first-order valence-electron chi connectivity index (χ1n) is 5.42. The summed E-state index contributed by atoms with van der Waals surface area (Å²) in [5.41, 5.74) is 0.320. The molecule has 0 aliphatic carbocycles. The Morgan fingerprint density at radius 1 is 0.750 bits per heavy atom. The molecule has 6 heteroatoms. The molecule has 0 heterocycles. The molecule has 0 atom stereocenters. The van der Waals surface area contributed by atoms with E-state index in [2.05, 4.69) is 0 Å². The van der Waals surface area contributed by atoms with E-state index in [9.17, 15) is 9.59 Å². The van der Waals surface area contributed by atoms with Gasteiger partial charge in [0, 0.05) is 9.79 Å². The minimum absolute atomic E-state index is 0. The van der Waals surface area contributed by atoms with Crippen molar-refractivity contribution < 1.29 is 19.8 Å². The molecule has 0 aliphatic heterocycles. The van der Waals surface area contributed by atoms with Gasteiger partial charge in [-0.25, -0.2) is 9.59 Å². The molecule has 0 bridgehead atoms. The molecule has 100 valence electrons. The second-order valence-electron chi connectivity index (χ2n) is 3.70. The van der Waals surface area contributed by atoms with Gasteiger partial charge in [-0.1, -0.05) is 36.0 Å². The van der Waals surface area contributed by atoms with Gasteiger partial charge in [-0.2, -0.15) is 0 Å². The van der Waals surface area contributed by atoms with Crippen molar-refractivity contribution in [3.63, 3.8) is 0 Å². The fraction of sp³-hybridized carbons (Fsp3) is 0. The summed E-state index contributed by atoms with van der Waals surface area (Å²) in [6.45, 7) is 0. The van der Waals surface area contributed by atoms with Crippen molar-refractivity contribution in [1.29, 1.82) is 0 Å². The van der Waals surface area contributed by atoms with E-state index in [0.29, 0.717) is 9.79 Å². The van der Waals surface area contributed by atoms with Crippen molar-refractivity contribution in [2.75, 3.05) is 0 Å². The molecule has 0 spiro atoms. The van der Waals surface area contributed by atoms with Crippen LogP contribution in [0.5, 0.6) is 0 Å². The zero-order valence-corrected chi connectivity index (χ0v) is 10.6. The van der Waals surface area contributed by atoms with Crippen molar-refractivity contribution in [1.82, 2.24) is 0 Å². The summed E-state index contributed by atoms with van der Waals surface area (Å²) in [6, 6.07) is 13.0. The summed E-state index contributed by atoms with van der Waals surface area (Å²) in [4.78, 5) is 23.2.